The molecule has 17 heavy (non-hydrogen) atoms. The minimum absolute atomic E-state index is 0.556. The van der Waals surface area contributed by atoms with E-state index in [1.54, 1.807) is 6.08 Å². The molecule has 0 spiro atoms. The van der Waals surface area contributed by atoms with E-state index in [0.29, 0.717) is 5.88 Å². The zero-order valence-corrected chi connectivity index (χ0v) is 12.9. The molecular weight excluding hydrogens is 230 g/mol. The first-order valence-corrected chi connectivity index (χ1v) is 7.69. The molecule has 0 fully saturated rings. The molecule has 0 aliphatic rings. The molecular formula is C15H32ClN. The number of nitrogens with zero attached hydrogens (tertiary/aromatic N) is 1. The normalized spacial score (nSPS) is 9.94. The van der Waals surface area contributed by atoms with Gasteiger partial charge in [0.15, 0.2) is 0 Å². The molecule has 0 heterocycles. The van der Waals surface area contributed by atoms with E-state index < -0.39 is 0 Å². The second-order valence-corrected chi connectivity index (χ2v) is 4.65. The monoisotopic (exact) mass is 261 g/mol. The Morgan fingerprint density at radius 3 is 1.35 bits per heavy atom. The maximum absolute atomic E-state index is 5.07. The molecule has 0 aliphatic carbocycles. The Labute approximate surface area is 114 Å². The first kappa shape index (κ1) is 19.3. The van der Waals surface area contributed by atoms with E-state index in [0.717, 1.165) is 0 Å². The van der Waals surface area contributed by atoms with Crippen LogP contribution in [0.1, 0.15) is 59.3 Å². The SMILES string of the molecule is C=CCCl.CCCCN(CCCC)CCCC. The molecule has 0 aliphatic heterocycles. The molecule has 1 nitrogen and oxygen atoms in total. The topological polar surface area (TPSA) is 3.24 Å². The third-order valence-electron chi connectivity index (χ3n) is 2.59. The maximum Gasteiger partial charge on any atom is 0.0401 e. The lowest BCUT2D eigenvalue weighted by Gasteiger charge is -2.21. The summed E-state index contributed by atoms with van der Waals surface area (Å²) in [7, 11) is 0. The second kappa shape index (κ2) is 18.4. The van der Waals surface area contributed by atoms with Crippen molar-refractivity contribution in [2.45, 2.75) is 59.3 Å². The van der Waals surface area contributed by atoms with E-state index in [4.69, 9.17) is 11.6 Å². The molecule has 0 amide bonds. The van der Waals surface area contributed by atoms with Gasteiger partial charge in [0.2, 0.25) is 0 Å². The van der Waals surface area contributed by atoms with Gasteiger partial charge < -0.3 is 4.90 Å². The molecule has 0 unspecified atom stereocenters. The molecule has 0 rings (SSSR count). The maximum atomic E-state index is 5.07. The van der Waals surface area contributed by atoms with Gasteiger partial charge in [-0.15, -0.1) is 18.2 Å². The van der Waals surface area contributed by atoms with Crippen molar-refractivity contribution in [2.24, 2.45) is 0 Å². The van der Waals surface area contributed by atoms with Crippen molar-refractivity contribution >= 4 is 11.6 Å². The zero-order valence-electron chi connectivity index (χ0n) is 12.2. The van der Waals surface area contributed by atoms with Crippen molar-refractivity contribution in [3.8, 4) is 0 Å². The summed E-state index contributed by atoms with van der Waals surface area (Å²) in [5.41, 5.74) is 0. The fraction of sp³-hybridized carbons (Fsp3) is 0.867. The predicted molar refractivity (Wildman–Crippen MR) is 82.1 cm³/mol. The van der Waals surface area contributed by atoms with E-state index >= 15 is 0 Å². The number of rotatable bonds is 10. The summed E-state index contributed by atoms with van der Waals surface area (Å²) >= 11 is 5.07. The Balaban J connectivity index is 0. The van der Waals surface area contributed by atoms with Crippen molar-refractivity contribution in [3.05, 3.63) is 12.7 Å². The zero-order chi connectivity index (χ0) is 13.4. The van der Waals surface area contributed by atoms with Crippen molar-refractivity contribution in [1.29, 1.82) is 0 Å². The summed E-state index contributed by atoms with van der Waals surface area (Å²) in [5.74, 6) is 0.556. The van der Waals surface area contributed by atoms with Crippen LogP contribution in [0.3, 0.4) is 0 Å². The second-order valence-electron chi connectivity index (χ2n) is 4.35. The average Bonchev–Trinajstić information content (AvgIpc) is 2.38. The molecule has 0 saturated carbocycles. The fourth-order valence-electron chi connectivity index (χ4n) is 1.48. The Kier molecular flexibility index (Phi) is 20.9. The van der Waals surface area contributed by atoms with Crippen LogP contribution in [-0.2, 0) is 0 Å². The molecule has 0 aromatic rings. The smallest absolute Gasteiger partial charge is 0.0401 e. The highest BCUT2D eigenvalue weighted by molar-refractivity contribution is 6.18. The van der Waals surface area contributed by atoms with Gasteiger partial charge in [-0.1, -0.05) is 46.1 Å². The summed E-state index contributed by atoms with van der Waals surface area (Å²) in [6, 6.07) is 0. The summed E-state index contributed by atoms with van der Waals surface area (Å²) in [6.45, 7) is 14.1. The fourth-order valence-corrected chi connectivity index (χ4v) is 1.48. The minimum atomic E-state index is 0.556. The number of hydrogen-bond acceptors (Lipinski definition) is 1. The van der Waals surface area contributed by atoms with Crippen molar-refractivity contribution < 1.29 is 0 Å². The van der Waals surface area contributed by atoms with Crippen LogP contribution in [0, 0.1) is 0 Å². The average molecular weight is 262 g/mol. The highest BCUT2D eigenvalue weighted by Gasteiger charge is 2.01. The number of hydrogen-bond donors (Lipinski definition) is 0. The standard InChI is InChI=1S/C12H27N.C3H5Cl/c1-4-7-10-13(11-8-5-2)12-9-6-3;1-2-3-4/h4-12H2,1-3H3;2H,1,3H2. The minimum Gasteiger partial charge on any atom is -0.303 e. The first-order chi connectivity index (χ1) is 8.26. The third-order valence-corrected chi connectivity index (χ3v) is 2.81. The van der Waals surface area contributed by atoms with Gasteiger partial charge in [-0.3, -0.25) is 0 Å². The Hall–Kier alpha value is -0.0100. The third kappa shape index (κ3) is 18.5. The number of halogens is 1. The van der Waals surface area contributed by atoms with Crippen LogP contribution in [-0.4, -0.2) is 30.4 Å². The van der Waals surface area contributed by atoms with Crippen molar-refractivity contribution in [2.75, 3.05) is 25.5 Å². The van der Waals surface area contributed by atoms with Gasteiger partial charge in [-0.05, 0) is 38.9 Å². The van der Waals surface area contributed by atoms with Crippen LogP contribution in [0.25, 0.3) is 0 Å². The molecule has 0 atom stereocenters. The number of allylic oxidation sites excluding steroid dienone is 1. The summed E-state index contributed by atoms with van der Waals surface area (Å²) < 4.78 is 0. The van der Waals surface area contributed by atoms with Crippen LogP contribution in [0.4, 0.5) is 0 Å². The van der Waals surface area contributed by atoms with E-state index in [9.17, 15) is 0 Å². The van der Waals surface area contributed by atoms with E-state index in [1.807, 2.05) is 0 Å². The number of alkyl halides is 1. The van der Waals surface area contributed by atoms with Crippen LogP contribution in [0.2, 0.25) is 0 Å². The predicted octanol–water partition coefficient (Wildman–Crippen LogP) is 5.10. The number of unbranched alkanes of at least 4 members (excludes halogenated alkanes) is 3. The van der Waals surface area contributed by atoms with Gasteiger partial charge in [0.1, 0.15) is 0 Å². The van der Waals surface area contributed by atoms with Gasteiger partial charge in [-0.25, -0.2) is 0 Å². The molecule has 0 aromatic heterocycles. The lowest BCUT2D eigenvalue weighted by atomic mass is 10.2. The Bertz CT molecular complexity index is 118. The summed E-state index contributed by atoms with van der Waals surface area (Å²) in [4.78, 5) is 2.64. The molecule has 0 saturated heterocycles. The van der Waals surface area contributed by atoms with E-state index in [1.165, 1.54) is 58.2 Å². The Morgan fingerprint density at radius 2 is 1.18 bits per heavy atom. The van der Waals surface area contributed by atoms with Crippen molar-refractivity contribution in [1.82, 2.24) is 4.90 Å². The summed E-state index contributed by atoms with van der Waals surface area (Å²) in [6.07, 6.45) is 9.73. The van der Waals surface area contributed by atoms with E-state index in [-0.39, 0.29) is 0 Å². The molecule has 0 radical (unpaired) electrons. The molecule has 0 bridgehead atoms. The van der Waals surface area contributed by atoms with Crippen LogP contribution in [0.15, 0.2) is 12.7 Å². The van der Waals surface area contributed by atoms with E-state index in [2.05, 4.69) is 32.3 Å². The lowest BCUT2D eigenvalue weighted by molar-refractivity contribution is 0.261. The highest BCUT2D eigenvalue weighted by atomic mass is 35.5. The van der Waals surface area contributed by atoms with Crippen LogP contribution >= 0.6 is 11.6 Å². The molecule has 0 aromatic carbocycles. The largest absolute Gasteiger partial charge is 0.303 e. The first-order valence-electron chi connectivity index (χ1n) is 7.15. The van der Waals surface area contributed by atoms with Gasteiger partial charge in [0.05, 0.1) is 0 Å². The van der Waals surface area contributed by atoms with Crippen LogP contribution in [0.5, 0.6) is 0 Å². The molecule has 0 N–H and O–H groups in total. The van der Waals surface area contributed by atoms with Crippen LogP contribution < -0.4 is 0 Å². The highest BCUT2D eigenvalue weighted by Crippen LogP contribution is 2.01. The molecule has 2 heteroatoms. The van der Waals surface area contributed by atoms with Gasteiger partial charge >= 0.3 is 0 Å². The summed E-state index contributed by atoms with van der Waals surface area (Å²) in [5, 5.41) is 0. The quantitative estimate of drug-likeness (QED) is 0.391. The van der Waals surface area contributed by atoms with Crippen molar-refractivity contribution in [3.63, 3.8) is 0 Å². The lowest BCUT2D eigenvalue weighted by Crippen LogP contribution is -2.27. The van der Waals surface area contributed by atoms with Gasteiger partial charge in [-0.2, -0.15) is 0 Å². The van der Waals surface area contributed by atoms with Gasteiger partial charge in [0, 0.05) is 5.88 Å². The Morgan fingerprint density at radius 1 is 0.882 bits per heavy atom. The molecule has 104 valence electrons. The van der Waals surface area contributed by atoms with Gasteiger partial charge in [0.25, 0.3) is 0 Å².